The third kappa shape index (κ3) is 2.60. The van der Waals surface area contributed by atoms with E-state index in [0.717, 1.165) is 24.3 Å². The first-order chi connectivity index (χ1) is 7.65. The van der Waals surface area contributed by atoms with Crippen molar-refractivity contribution < 1.29 is 0 Å². The van der Waals surface area contributed by atoms with Crippen LogP contribution in [-0.2, 0) is 13.0 Å². The number of fused-ring (bicyclic) bond motifs is 3. The third-order valence-corrected chi connectivity index (χ3v) is 5.35. The topological polar surface area (TPSA) is 42.2 Å². The zero-order valence-electron chi connectivity index (χ0n) is 10.3. The van der Waals surface area contributed by atoms with Gasteiger partial charge in [0, 0.05) is 24.0 Å². The van der Waals surface area contributed by atoms with Gasteiger partial charge in [-0.25, -0.2) is 4.98 Å². The van der Waals surface area contributed by atoms with Gasteiger partial charge in [-0.3, -0.25) is 4.90 Å². The first kappa shape index (κ1) is 16.0. The molecule has 0 spiro atoms. The molecule has 1 aliphatic heterocycles. The maximum absolute atomic E-state index is 5.75. The summed E-state index contributed by atoms with van der Waals surface area (Å²) >= 11 is 3.46. The molecule has 0 bridgehead atoms. The van der Waals surface area contributed by atoms with Gasteiger partial charge in [-0.05, 0) is 25.8 Å². The molecular formula is C11H17Cl2N3S2. The summed E-state index contributed by atoms with van der Waals surface area (Å²) in [5.41, 5.74) is 7.25. The van der Waals surface area contributed by atoms with E-state index in [-0.39, 0.29) is 24.8 Å². The molecular weight excluding hydrogens is 309 g/mol. The first-order valence-electron chi connectivity index (χ1n) is 5.55. The largest absolute Gasteiger partial charge is 0.375 e. The van der Waals surface area contributed by atoms with Gasteiger partial charge in [-0.1, -0.05) is 11.3 Å². The molecule has 0 aliphatic carbocycles. The Balaban J connectivity index is 0.000000810. The van der Waals surface area contributed by atoms with Crippen molar-refractivity contribution in [1.29, 1.82) is 0 Å². The number of anilines is 1. The molecule has 0 radical (unpaired) electrons. The Kier molecular flexibility index (Phi) is 5.26. The van der Waals surface area contributed by atoms with E-state index in [4.69, 9.17) is 5.73 Å². The van der Waals surface area contributed by atoms with E-state index in [9.17, 15) is 0 Å². The lowest BCUT2D eigenvalue weighted by Gasteiger charge is -2.30. The van der Waals surface area contributed by atoms with E-state index in [1.807, 2.05) is 11.3 Å². The quantitative estimate of drug-likeness (QED) is 0.871. The van der Waals surface area contributed by atoms with Crippen molar-refractivity contribution in [2.45, 2.75) is 32.9 Å². The number of nitrogens with two attached hydrogens (primary N) is 1. The fourth-order valence-electron chi connectivity index (χ4n) is 2.23. The SMILES string of the molecule is CC(C)N1CCc2c(sc3nc(N)sc23)C1.Cl.Cl. The van der Waals surface area contributed by atoms with Crippen LogP contribution in [0.5, 0.6) is 0 Å². The molecule has 0 fully saturated rings. The third-order valence-electron chi connectivity index (χ3n) is 3.17. The Morgan fingerprint density at radius 1 is 1.28 bits per heavy atom. The Bertz CT molecular complexity index is 536. The lowest BCUT2D eigenvalue weighted by Crippen LogP contribution is -2.35. The van der Waals surface area contributed by atoms with Gasteiger partial charge >= 0.3 is 0 Å². The lowest BCUT2D eigenvalue weighted by molar-refractivity contribution is 0.206. The summed E-state index contributed by atoms with van der Waals surface area (Å²) in [7, 11) is 0. The van der Waals surface area contributed by atoms with Crippen molar-refractivity contribution in [3.63, 3.8) is 0 Å². The molecule has 0 saturated heterocycles. The van der Waals surface area contributed by atoms with E-state index in [1.54, 1.807) is 11.3 Å². The fourth-order valence-corrected chi connectivity index (χ4v) is 4.58. The number of hydrogen-bond donors (Lipinski definition) is 1. The molecule has 0 saturated carbocycles. The van der Waals surface area contributed by atoms with Crippen LogP contribution >= 0.6 is 47.5 Å². The van der Waals surface area contributed by atoms with Crippen LogP contribution in [0.25, 0.3) is 9.53 Å². The van der Waals surface area contributed by atoms with E-state index < -0.39 is 0 Å². The van der Waals surface area contributed by atoms with Gasteiger partial charge in [0.2, 0.25) is 0 Å². The molecule has 0 aromatic carbocycles. The van der Waals surface area contributed by atoms with E-state index in [1.165, 1.54) is 15.1 Å². The van der Waals surface area contributed by atoms with Gasteiger partial charge in [0.05, 0.1) is 4.70 Å². The zero-order chi connectivity index (χ0) is 11.3. The Labute approximate surface area is 127 Å². The summed E-state index contributed by atoms with van der Waals surface area (Å²) in [5, 5.41) is 0.704. The summed E-state index contributed by atoms with van der Waals surface area (Å²) in [5.74, 6) is 0. The van der Waals surface area contributed by atoms with Crippen LogP contribution in [0.4, 0.5) is 5.13 Å². The van der Waals surface area contributed by atoms with Crippen molar-refractivity contribution in [2.75, 3.05) is 12.3 Å². The number of halogens is 2. The Morgan fingerprint density at radius 3 is 2.67 bits per heavy atom. The number of thiophene rings is 1. The molecule has 3 rings (SSSR count). The molecule has 0 atom stereocenters. The van der Waals surface area contributed by atoms with Crippen LogP contribution in [0.2, 0.25) is 0 Å². The van der Waals surface area contributed by atoms with Crippen LogP contribution in [0, 0.1) is 0 Å². The van der Waals surface area contributed by atoms with Crippen molar-refractivity contribution in [3.8, 4) is 0 Å². The van der Waals surface area contributed by atoms with Crippen LogP contribution < -0.4 is 5.73 Å². The minimum atomic E-state index is 0. The second-order valence-electron chi connectivity index (χ2n) is 4.50. The second kappa shape index (κ2) is 5.92. The van der Waals surface area contributed by atoms with Crippen molar-refractivity contribution in [2.24, 2.45) is 0 Å². The number of hydrogen-bond acceptors (Lipinski definition) is 5. The number of nitrogens with zero attached hydrogens (tertiary/aromatic N) is 2. The standard InChI is InChI=1S/C11H15N3S2.2ClH/c1-6(2)14-4-3-7-8(5-14)15-10-9(7)16-11(12)13-10;;/h6H,3-5H2,1-2H3,(H2,12,13);2*1H. The van der Waals surface area contributed by atoms with Gasteiger partial charge in [0.25, 0.3) is 0 Å². The monoisotopic (exact) mass is 325 g/mol. The van der Waals surface area contributed by atoms with Gasteiger partial charge in [-0.2, -0.15) is 0 Å². The summed E-state index contributed by atoms with van der Waals surface area (Å²) in [6, 6.07) is 0.631. The normalized spacial score (nSPS) is 15.3. The molecule has 2 N–H and O–H groups in total. The van der Waals surface area contributed by atoms with Crippen LogP contribution in [0.3, 0.4) is 0 Å². The molecule has 1 aliphatic rings. The molecule has 0 amide bonds. The van der Waals surface area contributed by atoms with Crippen LogP contribution in [-0.4, -0.2) is 22.5 Å². The number of rotatable bonds is 1. The highest BCUT2D eigenvalue weighted by Gasteiger charge is 2.23. The molecule has 3 heterocycles. The lowest BCUT2D eigenvalue weighted by atomic mass is 10.1. The van der Waals surface area contributed by atoms with E-state index in [0.29, 0.717) is 11.2 Å². The maximum atomic E-state index is 5.75. The smallest absolute Gasteiger partial charge is 0.181 e. The van der Waals surface area contributed by atoms with E-state index in [2.05, 4.69) is 23.7 Å². The predicted molar refractivity (Wildman–Crippen MR) is 85.7 cm³/mol. The van der Waals surface area contributed by atoms with Gasteiger partial charge in [0.15, 0.2) is 5.13 Å². The summed E-state index contributed by atoms with van der Waals surface area (Å²) in [4.78, 5) is 9.54. The first-order valence-corrected chi connectivity index (χ1v) is 7.19. The Morgan fingerprint density at radius 2 is 2.00 bits per heavy atom. The zero-order valence-corrected chi connectivity index (χ0v) is 13.6. The molecule has 2 aromatic rings. The second-order valence-corrected chi connectivity index (χ2v) is 6.62. The molecule has 102 valence electrons. The predicted octanol–water partition coefficient (Wildman–Crippen LogP) is 3.55. The van der Waals surface area contributed by atoms with Crippen molar-refractivity contribution in [3.05, 3.63) is 10.4 Å². The molecule has 3 nitrogen and oxygen atoms in total. The van der Waals surface area contributed by atoms with Crippen molar-refractivity contribution in [1.82, 2.24) is 9.88 Å². The fraction of sp³-hybridized carbons (Fsp3) is 0.545. The molecule has 2 aromatic heterocycles. The highest BCUT2D eigenvalue weighted by atomic mass is 35.5. The number of aromatic nitrogens is 1. The van der Waals surface area contributed by atoms with Gasteiger partial charge in [0.1, 0.15) is 4.83 Å². The molecule has 18 heavy (non-hydrogen) atoms. The van der Waals surface area contributed by atoms with Gasteiger partial charge < -0.3 is 5.73 Å². The van der Waals surface area contributed by atoms with Crippen molar-refractivity contribution >= 4 is 62.1 Å². The van der Waals surface area contributed by atoms with Gasteiger partial charge in [-0.15, -0.1) is 36.2 Å². The Hall–Kier alpha value is -0.0700. The summed E-state index contributed by atoms with van der Waals surface area (Å²) in [6.45, 7) is 6.77. The minimum absolute atomic E-state index is 0. The van der Waals surface area contributed by atoms with E-state index >= 15 is 0 Å². The highest BCUT2D eigenvalue weighted by Crippen LogP contribution is 2.39. The maximum Gasteiger partial charge on any atom is 0.181 e. The number of nitrogen functional groups attached to an aromatic ring is 1. The van der Waals surface area contributed by atoms with Crippen LogP contribution in [0.1, 0.15) is 24.3 Å². The minimum Gasteiger partial charge on any atom is -0.375 e. The average Bonchev–Trinajstić information content (AvgIpc) is 2.72. The molecule has 7 heteroatoms. The van der Waals surface area contributed by atoms with Crippen LogP contribution in [0.15, 0.2) is 0 Å². The highest BCUT2D eigenvalue weighted by molar-refractivity contribution is 7.29. The number of thiazole rings is 1. The summed E-state index contributed by atoms with van der Waals surface area (Å²) in [6.07, 6.45) is 1.15. The summed E-state index contributed by atoms with van der Waals surface area (Å²) < 4.78 is 1.33. The molecule has 0 unspecified atom stereocenters. The average molecular weight is 326 g/mol.